The Kier molecular flexibility index (Phi) is 4.35. The van der Waals surface area contributed by atoms with Crippen molar-refractivity contribution in [1.29, 1.82) is 0 Å². The Morgan fingerprint density at radius 3 is 2.71 bits per heavy atom. The van der Waals surface area contributed by atoms with Gasteiger partial charge in [0.25, 0.3) is 0 Å². The van der Waals surface area contributed by atoms with Gasteiger partial charge in [-0.3, -0.25) is 0 Å². The third-order valence-electron chi connectivity index (χ3n) is 4.36. The fourth-order valence-corrected chi connectivity index (χ4v) is 3.25. The maximum absolute atomic E-state index is 13.9. The van der Waals surface area contributed by atoms with Crippen molar-refractivity contribution in [1.82, 2.24) is 5.32 Å². The summed E-state index contributed by atoms with van der Waals surface area (Å²) in [5.74, 6) is -0.110. The molecule has 0 spiro atoms. The van der Waals surface area contributed by atoms with Gasteiger partial charge >= 0.3 is 0 Å². The molecule has 0 amide bonds. The summed E-state index contributed by atoms with van der Waals surface area (Å²) in [6.45, 7) is 2.98. The topological polar surface area (TPSA) is 12.0 Å². The van der Waals surface area contributed by atoms with Crippen LogP contribution < -0.4 is 5.32 Å². The molecule has 0 bridgehead atoms. The molecule has 1 aliphatic carbocycles. The van der Waals surface area contributed by atoms with E-state index in [0.29, 0.717) is 6.42 Å². The number of benzene rings is 2. The second-order valence-corrected chi connectivity index (χ2v) is 5.79. The Morgan fingerprint density at radius 1 is 1.10 bits per heavy atom. The van der Waals surface area contributed by atoms with Crippen LogP contribution in [-0.4, -0.2) is 6.54 Å². The highest BCUT2D eigenvalue weighted by atomic mass is 19.1. The number of rotatable bonds is 5. The lowest BCUT2D eigenvalue weighted by Crippen LogP contribution is -2.23. The van der Waals surface area contributed by atoms with Crippen molar-refractivity contribution in [3.05, 3.63) is 70.5 Å². The molecule has 1 unspecified atom stereocenters. The third kappa shape index (κ3) is 3.16. The van der Waals surface area contributed by atoms with Crippen molar-refractivity contribution in [3.63, 3.8) is 0 Å². The molecule has 0 saturated carbocycles. The summed E-state index contributed by atoms with van der Waals surface area (Å²) < 4.78 is 13.9. The number of fused-ring (bicyclic) bond motifs is 1. The van der Waals surface area contributed by atoms with Gasteiger partial charge in [0.15, 0.2) is 0 Å². The van der Waals surface area contributed by atoms with Gasteiger partial charge in [-0.2, -0.15) is 0 Å². The molecular formula is C19H22FN. The van der Waals surface area contributed by atoms with Gasteiger partial charge in [0.1, 0.15) is 5.82 Å². The van der Waals surface area contributed by atoms with Crippen LogP contribution in [0.25, 0.3) is 0 Å². The van der Waals surface area contributed by atoms with Gasteiger partial charge in [-0.1, -0.05) is 43.3 Å². The van der Waals surface area contributed by atoms with Crippen molar-refractivity contribution < 1.29 is 4.39 Å². The first-order valence-electron chi connectivity index (χ1n) is 7.86. The van der Waals surface area contributed by atoms with Crippen LogP contribution in [-0.2, 0) is 19.3 Å². The summed E-state index contributed by atoms with van der Waals surface area (Å²) in [6.07, 6.45) is 4.34. The molecule has 2 aromatic rings. The molecule has 2 heteroatoms. The fourth-order valence-electron chi connectivity index (χ4n) is 3.25. The summed E-state index contributed by atoms with van der Waals surface area (Å²) in [7, 11) is 0. The van der Waals surface area contributed by atoms with Crippen molar-refractivity contribution in [2.75, 3.05) is 6.54 Å². The Bertz CT molecular complexity index is 621. The quantitative estimate of drug-likeness (QED) is 0.867. The number of likely N-dealkylation sites (N-methyl/N-ethyl adjacent to an activating group) is 1. The zero-order chi connectivity index (χ0) is 14.7. The zero-order valence-electron chi connectivity index (χ0n) is 12.5. The average Bonchev–Trinajstić information content (AvgIpc) is 2.96. The first-order valence-corrected chi connectivity index (χ1v) is 7.86. The van der Waals surface area contributed by atoms with E-state index in [1.807, 2.05) is 12.1 Å². The normalized spacial score (nSPS) is 15.0. The highest BCUT2D eigenvalue weighted by Gasteiger charge is 2.17. The van der Waals surface area contributed by atoms with Crippen molar-refractivity contribution >= 4 is 0 Å². The van der Waals surface area contributed by atoms with Crippen molar-refractivity contribution in [2.45, 2.75) is 38.6 Å². The minimum atomic E-state index is -0.110. The van der Waals surface area contributed by atoms with Gasteiger partial charge in [0.2, 0.25) is 0 Å². The summed E-state index contributed by atoms with van der Waals surface area (Å²) >= 11 is 0. The Hall–Kier alpha value is -1.67. The van der Waals surface area contributed by atoms with E-state index in [4.69, 9.17) is 0 Å². The van der Waals surface area contributed by atoms with Gasteiger partial charge in [0.05, 0.1) is 0 Å². The van der Waals surface area contributed by atoms with Crippen LogP contribution in [0.4, 0.5) is 4.39 Å². The van der Waals surface area contributed by atoms with Gasteiger partial charge < -0.3 is 5.32 Å². The highest BCUT2D eigenvalue weighted by molar-refractivity contribution is 5.37. The third-order valence-corrected chi connectivity index (χ3v) is 4.36. The first kappa shape index (κ1) is 14.3. The fraction of sp³-hybridized carbons (Fsp3) is 0.368. The monoisotopic (exact) mass is 283 g/mol. The van der Waals surface area contributed by atoms with E-state index >= 15 is 0 Å². The molecule has 0 fully saturated rings. The number of nitrogens with one attached hydrogen (secondary N) is 1. The molecule has 110 valence electrons. The molecule has 0 saturated heterocycles. The molecule has 3 rings (SSSR count). The predicted octanol–water partition coefficient (Wildman–Crippen LogP) is 4.21. The van der Waals surface area contributed by atoms with Crippen LogP contribution in [0.15, 0.2) is 42.5 Å². The molecular weight excluding hydrogens is 261 g/mol. The Morgan fingerprint density at radius 2 is 1.90 bits per heavy atom. The molecule has 0 aromatic heterocycles. The molecule has 1 N–H and O–H groups in total. The van der Waals surface area contributed by atoms with Gasteiger partial charge in [0, 0.05) is 6.04 Å². The molecule has 1 nitrogen and oxygen atoms in total. The van der Waals surface area contributed by atoms with E-state index in [2.05, 4.69) is 30.4 Å². The Balaban J connectivity index is 1.86. The first-order chi connectivity index (χ1) is 10.3. The number of aryl methyl sites for hydroxylation is 2. The summed E-state index contributed by atoms with van der Waals surface area (Å²) in [6, 6.07) is 14.0. The molecule has 0 aliphatic heterocycles. The zero-order valence-corrected chi connectivity index (χ0v) is 12.5. The van der Waals surface area contributed by atoms with E-state index in [1.54, 1.807) is 12.1 Å². The van der Waals surface area contributed by atoms with Crippen LogP contribution >= 0.6 is 0 Å². The summed E-state index contributed by atoms with van der Waals surface area (Å²) in [5.41, 5.74) is 5.02. The standard InChI is InChI=1S/C19H22FN/c1-2-21-19(13-16-6-3-4-9-18(16)20)17-11-10-14-7-5-8-15(14)12-17/h3-4,6,9-12,19,21H,2,5,7-8,13H2,1H3. The van der Waals surface area contributed by atoms with E-state index in [1.165, 1.54) is 36.0 Å². The van der Waals surface area contributed by atoms with Gasteiger partial charge in [-0.15, -0.1) is 0 Å². The SMILES string of the molecule is CCNC(Cc1ccccc1F)c1ccc2c(c1)CCC2. The molecule has 1 atom stereocenters. The molecule has 0 heterocycles. The number of hydrogen-bond donors (Lipinski definition) is 1. The van der Waals surface area contributed by atoms with Gasteiger partial charge in [-0.25, -0.2) is 4.39 Å². The smallest absolute Gasteiger partial charge is 0.126 e. The van der Waals surface area contributed by atoms with Crippen LogP contribution in [0.5, 0.6) is 0 Å². The second kappa shape index (κ2) is 6.40. The molecule has 2 aromatic carbocycles. The van der Waals surface area contributed by atoms with Crippen molar-refractivity contribution in [3.8, 4) is 0 Å². The van der Waals surface area contributed by atoms with Gasteiger partial charge in [-0.05, 0) is 60.5 Å². The van der Waals surface area contributed by atoms with E-state index < -0.39 is 0 Å². The van der Waals surface area contributed by atoms with E-state index in [0.717, 1.165) is 12.1 Å². The lowest BCUT2D eigenvalue weighted by atomic mass is 9.95. The maximum Gasteiger partial charge on any atom is 0.126 e. The lowest BCUT2D eigenvalue weighted by molar-refractivity contribution is 0.527. The minimum Gasteiger partial charge on any atom is -0.310 e. The maximum atomic E-state index is 13.9. The summed E-state index contributed by atoms with van der Waals surface area (Å²) in [5, 5.41) is 3.50. The molecule has 21 heavy (non-hydrogen) atoms. The predicted molar refractivity (Wildman–Crippen MR) is 85.0 cm³/mol. The number of halogens is 1. The average molecular weight is 283 g/mol. The minimum absolute atomic E-state index is 0.110. The Labute approximate surface area is 126 Å². The van der Waals surface area contributed by atoms with Crippen LogP contribution in [0.2, 0.25) is 0 Å². The van der Waals surface area contributed by atoms with E-state index in [9.17, 15) is 4.39 Å². The second-order valence-electron chi connectivity index (χ2n) is 5.79. The highest BCUT2D eigenvalue weighted by Crippen LogP contribution is 2.27. The van der Waals surface area contributed by atoms with Crippen LogP contribution in [0, 0.1) is 5.82 Å². The molecule has 1 aliphatic rings. The largest absolute Gasteiger partial charge is 0.310 e. The lowest BCUT2D eigenvalue weighted by Gasteiger charge is -2.20. The summed E-state index contributed by atoms with van der Waals surface area (Å²) in [4.78, 5) is 0. The van der Waals surface area contributed by atoms with Crippen LogP contribution in [0.1, 0.15) is 41.6 Å². The number of hydrogen-bond acceptors (Lipinski definition) is 1. The van der Waals surface area contributed by atoms with Crippen LogP contribution in [0.3, 0.4) is 0 Å². The van der Waals surface area contributed by atoms with E-state index in [-0.39, 0.29) is 11.9 Å². The molecule has 0 radical (unpaired) electrons. The van der Waals surface area contributed by atoms with Crippen molar-refractivity contribution in [2.24, 2.45) is 0 Å².